The van der Waals surface area contributed by atoms with E-state index in [1.165, 1.54) is 0 Å². The molecule has 12 heteroatoms. The van der Waals surface area contributed by atoms with Crippen molar-refractivity contribution in [2.45, 2.75) is 12.7 Å². The van der Waals surface area contributed by atoms with Gasteiger partial charge in [0.1, 0.15) is 24.2 Å². The van der Waals surface area contributed by atoms with E-state index >= 15 is 0 Å². The maximum absolute atomic E-state index is 13.0. The van der Waals surface area contributed by atoms with Crippen LogP contribution in [0.2, 0.25) is 0 Å². The van der Waals surface area contributed by atoms with Gasteiger partial charge in [0.25, 0.3) is 0 Å². The molecular formula is C19H21F3N8O. The van der Waals surface area contributed by atoms with Crippen LogP contribution in [-0.2, 0) is 17.5 Å². The Kier molecular flexibility index (Phi) is 4.88. The van der Waals surface area contributed by atoms with E-state index in [4.69, 9.17) is 4.74 Å². The highest BCUT2D eigenvalue weighted by Crippen LogP contribution is 2.37. The Balaban J connectivity index is 1.31. The fourth-order valence-electron chi connectivity index (χ4n) is 4.48. The normalized spacial score (nSPS) is 21.3. The van der Waals surface area contributed by atoms with Gasteiger partial charge in [0.2, 0.25) is 0 Å². The molecule has 2 fully saturated rings. The molecule has 0 aromatic carbocycles. The third-order valence-corrected chi connectivity index (χ3v) is 5.97. The van der Waals surface area contributed by atoms with E-state index in [-0.39, 0.29) is 0 Å². The van der Waals surface area contributed by atoms with Crippen molar-refractivity contribution in [1.82, 2.24) is 29.5 Å². The molecule has 9 nitrogen and oxygen atoms in total. The van der Waals surface area contributed by atoms with Crippen molar-refractivity contribution in [2.75, 3.05) is 49.7 Å². The summed E-state index contributed by atoms with van der Waals surface area (Å²) in [5, 5.41) is 0. The number of alkyl halides is 3. The number of imidazole rings is 1. The van der Waals surface area contributed by atoms with Crippen LogP contribution < -0.4 is 9.80 Å². The Bertz CT molecular complexity index is 1070. The molecule has 2 unspecified atom stereocenters. The number of methoxy groups -OCH3 is 1. The molecule has 164 valence electrons. The monoisotopic (exact) mass is 434 g/mol. The second kappa shape index (κ2) is 7.59. The summed E-state index contributed by atoms with van der Waals surface area (Å²) in [5.74, 6) is 1.74. The summed E-state index contributed by atoms with van der Waals surface area (Å²) in [4.78, 5) is 24.9. The van der Waals surface area contributed by atoms with Gasteiger partial charge in [-0.05, 0) is 0 Å². The van der Waals surface area contributed by atoms with Crippen LogP contribution in [-0.4, -0.2) is 69.4 Å². The molecule has 3 aromatic heterocycles. The lowest BCUT2D eigenvalue weighted by molar-refractivity contribution is -0.141. The van der Waals surface area contributed by atoms with Gasteiger partial charge in [-0.3, -0.25) is 0 Å². The molecule has 2 atom stereocenters. The number of anilines is 2. The Hall–Kier alpha value is -3.02. The van der Waals surface area contributed by atoms with Crippen molar-refractivity contribution < 1.29 is 17.9 Å². The Morgan fingerprint density at radius 3 is 2.39 bits per heavy atom. The van der Waals surface area contributed by atoms with E-state index < -0.39 is 11.9 Å². The summed E-state index contributed by atoms with van der Waals surface area (Å²) in [7, 11) is 1.65. The number of ether oxygens (including phenoxy) is 1. The van der Waals surface area contributed by atoms with E-state index in [9.17, 15) is 13.2 Å². The van der Waals surface area contributed by atoms with Gasteiger partial charge in [-0.15, -0.1) is 0 Å². The predicted molar refractivity (Wildman–Crippen MR) is 106 cm³/mol. The van der Waals surface area contributed by atoms with E-state index in [0.29, 0.717) is 43.9 Å². The van der Waals surface area contributed by atoms with Crippen molar-refractivity contribution in [1.29, 1.82) is 0 Å². The fourth-order valence-corrected chi connectivity index (χ4v) is 4.48. The third kappa shape index (κ3) is 3.64. The highest BCUT2D eigenvalue weighted by molar-refractivity contribution is 5.83. The van der Waals surface area contributed by atoms with Crippen LogP contribution in [0.3, 0.4) is 0 Å². The molecule has 0 amide bonds. The molecule has 2 aliphatic heterocycles. The van der Waals surface area contributed by atoms with Gasteiger partial charge < -0.3 is 19.1 Å². The van der Waals surface area contributed by atoms with Crippen molar-refractivity contribution >= 4 is 22.8 Å². The van der Waals surface area contributed by atoms with Crippen molar-refractivity contribution in [2.24, 2.45) is 11.8 Å². The first-order valence-electron chi connectivity index (χ1n) is 9.98. The van der Waals surface area contributed by atoms with Gasteiger partial charge in [0.15, 0.2) is 17.0 Å². The predicted octanol–water partition coefficient (Wildman–Crippen LogP) is 1.85. The number of aromatic nitrogens is 6. The smallest absolute Gasteiger partial charge is 0.383 e. The summed E-state index contributed by atoms with van der Waals surface area (Å²) in [6.07, 6.45) is -0.207. The number of hydrogen-bond donors (Lipinski definition) is 0. The van der Waals surface area contributed by atoms with E-state index in [0.717, 1.165) is 42.5 Å². The lowest BCUT2D eigenvalue weighted by Crippen LogP contribution is -2.30. The highest BCUT2D eigenvalue weighted by Gasteiger charge is 2.42. The minimum atomic E-state index is -4.48. The van der Waals surface area contributed by atoms with Crippen molar-refractivity contribution in [3.8, 4) is 0 Å². The quantitative estimate of drug-likeness (QED) is 0.602. The Morgan fingerprint density at radius 1 is 0.968 bits per heavy atom. The topological polar surface area (TPSA) is 85.1 Å². The first-order chi connectivity index (χ1) is 14.9. The van der Waals surface area contributed by atoms with Crippen LogP contribution >= 0.6 is 0 Å². The molecule has 3 aromatic rings. The van der Waals surface area contributed by atoms with Crippen LogP contribution in [0.15, 0.2) is 25.0 Å². The zero-order chi connectivity index (χ0) is 21.6. The molecule has 2 aliphatic rings. The number of nitrogens with zero attached hydrogens (tertiary/aromatic N) is 8. The van der Waals surface area contributed by atoms with Gasteiger partial charge in [0.05, 0.1) is 12.9 Å². The lowest BCUT2D eigenvalue weighted by atomic mass is 10.0. The van der Waals surface area contributed by atoms with Crippen LogP contribution in [0, 0.1) is 11.8 Å². The molecule has 5 rings (SSSR count). The molecule has 0 saturated carbocycles. The summed E-state index contributed by atoms with van der Waals surface area (Å²) in [5.41, 5.74) is 0.603. The minimum absolute atomic E-state index is 0.310. The third-order valence-electron chi connectivity index (χ3n) is 5.97. The van der Waals surface area contributed by atoms with Crippen molar-refractivity contribution in [3.05, 3.63) is 30.7 Å². The molecule has 0 bridgehead atoms. The van der Waals surface area contributed by atoms with Crippen molar-refractivity contribution in [3.63, 3.8) is 0 Å². The molecule has 31 heavy (non-hydrogen) atoms. The second-order valence-electron chi connectivity index (χ2n) is 7.89. The lowest BCUT2D eigenvalue weighted by Gasteiger charge is -2.23. The Labute approximate surface area is 175 Å². The summed E-state index contributed by atoms with van der Waals surface area (Å²) < 4.78 is 46.0. The minimum Gasteiger partial charge on any atom is -0.383 e. The number of rotatable bonds is 5. The SMILES string of the molecule is COCCn1cnc2c(N3CC4CN(c5cc(C(F)(F)F)ncn5)CC4C3)ncnc21. The summed E-state index contributed by atoms with van der Waals surface area (Å²) in [6.45, 7) is 4.03. The van der Waals surface area contributed by atoms with E-state index in [1.54, 1.807) is 19.8 Å². The molecule has 0 radical (unpaired) electrons. The number of hydrogen-bond acceptors (Lipinski definition) is 8. The van der Waals surface area contributed by atoms with E-state index in [2.05, 4.69) is 29.8 Å². The molecule has 0 spiro atoms. The number of halogens is 3. The van der Waals surface area contributed by atoms with Gasteiger partial charge in [-0.25, -0.2) is 24.9 Å². The molecule has 2 saturated heterocycles. The van der Waals surface area contributed by atoms with Crippen LogP contribution in [0.25, 0.3) is 11.2 Å². The molecule has 0 aliphatic carbocycles. The van der Waals surface area contributed by atoms with Gasteiger partial charge in [-0.2, -0.15) is 13.2 Å². The molecular weight excluding hydrogens is 413 g/mol. The largest absolute Gasteiger partial charge is 0.433 e. The van der Waals surface area contributed by atoms with Gasteiger partial charge in [0, 0.05) is 57.7 Å². The average molecular weight is 434 g/mol. The maximum Gasteiger partial charge on any atom is 0.433 e. The van der Waals surface area contributed by atoms with E-state index in [1.807, 2.05) is 9.47 Å². The van der Waals surface area contributed by atoms with Gasteiger partial charge >= 0.3 is 6.18 Å². The fraction of sp³-hybridized carbons (Fsp3) is 0.526. The number of fused-ring (bicyclic) bond motifs is 2. The zero-order valence-corrected chi connectivity index (χ0v) is 16.8. The van der Waals surface area contributed by atoms with Crippen LogP contribution in [0.1, 0.15) is 5.69 Å². The Morgan fingerprint density at radius 2 is 1.68 bits per heavy atom. The second-order valence-corrected chi connectivity index (χ2v) is 7.89. The summed E-state index contributed by atoms with van der Waals surface area (Å²) in [6, 6.07) is 1.03. The maximum atomic E-state index is 13.0. The standard InChI is InChI=1S/C19H21F3N8O/c1-31-3-2-28-11-27-16-17(28)25-10-26-18(16)30-7-12-5-29(6-13(12)8-30)15-4-14(19(20,21)22)23-9-24-15/h4,9-13H,2-3,5-8H2,1H3. The highest BCUT2D eigenvalue weighted by atomic mass is 19.4. The van der Waals surface area contributed by atoms with Crippen LogP contribution in [0.4, 0.5) is 24.8 Å². The first-order valence-corrected chi connectivity index (χ1v) is 9.98. The molecule has 0 N–H and O–H groups in total. The zero-order valence-electron chi connectivity index (χ0n) is 16.8. The molecule has 5 heterocycles. The summed E-state index contributed by atoms with van der Waals surface area (Å²) >= 11 is 0. The average Bonchev–Trinajstić information content (AvgIpc) is 3.44. The van der Waals surface area contributed by atoms with Gasteiger partial charge in [-0.1, -0.05) is 0 Å². The first kappa shape index (κ1) is 19.9. The van der Waals surface area contributed by atoms with Crippen LogP contribution in [0.5, 0.6) is 0 Å².